The molecule has 0 aliphatic carbocycles. The van der Waals surface area contributed by atoms with E-state index in [9.17, 15) is 9.59 Å². The normalized spacial score (nSPS) is 9.91. The predicted molar refractivity (Wildman–Crippen MR) is 85.0 cm³/mol. The molecular weight excluding hydrogens is 298 g/mol. The van der Waals surface area contributed by atoms with Crippen LogP contribution in [0.2, 0.25) is 0 Å². The third-order valence-electron chi connectivity index (χ3n) is 2.93. The quantitative estimate of drug-likeness (QED) is 0.477. The Morgan fingerprint density at radius 3 is 2.43 bits per heavy atom. The smallest absolute Gasteiger partial charge is 0.335 e. The number of anilines is 1. The Morgan fingerprint density at radius 2 is 1.83 bits per heavy atom. The maximum absolute atomic E-state index is 11.8. The molecule has 2 rings (SSSR count). The van der Waals surface area contributed by atoms with Gasteiger partial charge in [-0.15, -0.1) is 0 Å². The van der Waals surface area contributed by atoms with E-state index in [2.05, 4.69) is 5.32 Å². The Balaban J connectivity index is 1.91. The van der Waals surface area contributed by atoms with E-state index in [-0.39, 0.29) is 23.9 Å². The van der Waals surface area contributed by atoms with Crippen LogP contribution < -0.4 is 15.8 Å². The van der Waals surface area contributed by atoms with Gasteiger partial charge in [-0.25, -0.2) is 4.79 Å². The minimum Gasteiger partial charge on any atom is -0.484 e. The average molecular weight is 313 g/mol. The zero-order valence-electron chi connectivity index (χ0n) is 12.1. The van der Waals surface area contributed by atoms with E-state index in [4.69, 9.17) is 21.0 Å². The number of nitrogen functional groups attached to an aromatic ring is 1. The average Bonchev–Trinajstić information content (AvgIpc) is 2.53. The second-order valence-electron chi connectivity index (χ2n) is 4.66. The Bertz CT molecular complexity index is 741. The molecule has 0 saturated heterocycles. The number of hydrogen-bond donors (Lipinski definition) is 4. The molecule has 0 aliphatic rings. The standard InChI is InChI=1S/C16H15N3O4/c17-15(18)11-2-1-3-13(8-11)23-9-14(20)19-12-6-4-10(5-7-12)16(21)22/h1-8H,9H2,(H3,17,18)(H,19,20)(H,21,22). The molecule has 0 bridgehead atoms. The number of carboxylic acid groups (broad SMARTS) is 1. The molecule has 0 spiro atoms. The molecule has 2 aromatic rings. The summed E-state index contributed by atoms with van der Waals surface area (Å²) in [5.41, 5.74) is 6.50. The maximum atomic E-state index is 11.8. The summed E-state index contributed by atoms with van der Waals surface area (Å²) < 4.78 is 5.33. The van der Waals surface area contributed by atoms with Gasteiger partial charge in [0.1, 0.15) is 11.6 Å². The Hall–Kier alpha value is -3.35. The first-order valence-corrected chi connectivity index (χ1v) is 6.66. The van der Waals surface area contributed by atoms with Crippen LogP contribution >= 0.6 is 0 Å². The zero-order valence-corrected chi connectivity index (χ0v) is 12.1. The number of ether oxygens (including phenoxy) is 1. The van der Waals surface area contributed by atoms with Gasteiger partial charge in [-0.3, -0.25) is 10.2 Å². The lowest BCUT2D eigenvalue weighted by atomic mass is 10.2. The second-order valence-corrected chi connectivity index (χ2v) is 4.66. The molecule has 0 atom stereocenters. The largest absolute Gasteiger partial charge is 0.484 e. The van der Waals surface area contributed by atoms with Gasteiger partial charge in [-0.1, -0.05) is 12.1 Å². The van der Waals surface area contributed by atoms with Crippen LogP contribution in [0.25, 0.3) is 0 Å². The van der Waals surface area contributed by atoms with E-state index in [0.717, 1.165) is 0 Å². The minimum atomic E-state index is -1.03. The van der Waals surface area contributed by atoms with Gasteiger partial charge in [0, 0.05) is 11.3 Å². The van der Waals surface area contributed by atoms with Crippen molar-refractivity contribution in [2.45, 2.75) is 0 Å². The number of amides is 1. The van der Waals surface area contributed by atoms with Crippen molar-refractivity contribution in [3.8, 4) is 5.75 Å². The van der Waals surface area contributed by atoms with Gasteiger partial charge in [-0.05, 0) is 36.4 Å². The number of nitrogens with two attached hydrogens (primary N) is 1. The van der Waals surface area contributed by atoms with Crippen molar-refractivity contribution in [2.75, 3.05) is 11.9 Å². The van der Waals surface area contributed by atoms with Crippen molar-refractivity contribution in [1.82, 2.24) is 0 Å². The highest BCUT2D eigenvalue weighted by Gasteiger charge is 2.06. The van der Waals surface area contributed by atoms with E-state index in [1.165, 1.54) is 24.3 Å². The molecule has 0 unspecified atom stereocenters. The van der Waals surface area contributed by atoms with Crippen LogP contribution in [0.1, 0.15) is 15.9 Å². The fourth-order valence-electron chi connectivity index (χ4n) is 1.80. The van der Waals surface area contributed by atoms with E-state index in [1.54, 1.807) is 24.3 Å². The highest BCUT2D eigenvalue weighted by Crippen LogP contribution is 2.13. The number of hydrogen-bond acceptors (Lipinski definition) is 4. The molecule has 7 nitrogen and oxygen atoms in total. The molecule has 0 aliphatic heterocycles. The van der Waals surface area contributed by atoms with Crippen molar-refractivity contribution in [1.29, 1.82) is 5.41 Å². The van der Waals surface area contributed by atoms with Crippen molar-refractivity contribution < 1.29 is 19.4 Å². The number of benzene rings is 2. The lowest BCUT2D eigenvalue weighted by Gasteiger charge is -2.08. The highest BCUT2D eigenvalue weighted by atomic mass is 16.5. The Labute approximate surface area is 132 Å². The summed E-state index contributed by atoms with van der Waals surface area (Å²) in [5, 5.41) is 18.7. The number of amidine groups is 1. The topological polar surface area (TPSA) is 126 Å². The van der Waals surface area contributed by atoms with E-state index >= 15 is 0 Å². The number of carbonyl (C=O) groups is 2. The molecule has 0 heterocycles. The molecule has 118 valence electrons. The summed E-state index contributed by atoms with van der Waals surface area (Å²) in [7, 11) is 0. The van der Waals surface area contributed by atoms with Gasteiger partial charge in [0.15, 0.2) is 6.61 Å². The summed E-state index contributed by atoms with van der Waals surface area (Å²) in [4.78, 5) is 22.5. The summed E-state index contributed by atoms with van der Waals surface area (Å²) >= 11 is 0. The lowest BCUT2D eigenvalue weighted by Crippen LogP contribution is -2.20. The Kier molecular flexibility index (Phi) is 4.93. The fraction of sp³-hybridized carbons (Fsp3) is 0.0625. The molecule has 5 N–H and O–H groups in total. The second kappa shape index (κ2) is 7.08. The Morgan fingerprint density at radius 1 is 1.13 bits per heavy atom. The van der Waals surface area contributed by atoms with Gasteiger partial charge in [-0.2, -0.15) is 0 Å². The third-order valence-corrected chi connectivity index (χ3v) is 2.93. The van der Waals surface area contributed by atoms with Crippen molar-refractivity contribution >= 4 is 23.4 Å². The monoisotopic (exact) mass is 313 g/mol. The van der Waals surface area contributed by atoms with E-state index in [0.29, 0.717) is 17.0 Å². The van der Waals surface area contributed by atoms with Crippen molar-refractivity contribution in [2.24, 2.45) is 5.73 Å². The van der Waals surface area contributed by atoms with Crippen LogP contribution in [0.5, 0.6) is 5.75 Å². The molecular formula is C16H15N3O4. The van der Waals surface area contributed by atoms with Crippen molar-refractivity contribution in [3.05, 3.63) is 59.7 Å². The van der Waals surface area contributed by atoms with Gasteiger partial charge in [0.2, 0.25) is 0 Å². The molecule has 1 amide bonds. The number of aromatic carboxylic acids is 1. The fourth-order valence-corrected chi connectivity index (χ4v) is 1.80. The lowest BCUT2D eigenvalue weighted by molar-refractivity contribution is -0.118. The molecule has 0 fully saturated rings. The summed E-state index contributed by atoms with van der Waals surface area (Å²) in [6, 6.07) is 12.4. The number of carboxylic acids is 1. The SMILES string of the molecule is N=C(N)c1cccc(OCC(=O)Nc2ccc(C(=O)O)cc2)c1. The van der Waals surface area contributed by atoms with Crippen LogP contribution in [0, 0.1) is 5.41 Å². The first kappa shape index (κ1) is 16.0. The summed E-state index contributed by atoms with van der Waals surface area (Å²) in [5.74, 6) is -1.08. The number of nitrogens with one attached hydrogen (secondary N) is 2. The molecule has 7 heteroatoms. The third kappa shape index (κ3) is 4.57. The van der Waals surface area contributed by atoms with Gasteiger partial charge >= 0.3 is 5.97 Å². The molecule has 23 heavy (non-hydrogen) atoms. The first-order chi connectivity index (χ1) is 11.0. The van der Waals surface area contributed by atoms with E-state index < -0.39 is 5.97 Å². The van der Waals surface area contributed by atoms with Crippen LogP contribution in [-0.4, -0.2) is 29.4 Å². The van der Waals surface area contributed by atoms with Gasteiger partial charge in [0.25, 0.3) is 5.91 Å². The number of rotatable bonds is 6. The molecule has 0 aromatic heterocycles. The summed E-state index contributed by atoms with van der Waals surface area (Å²) in [6.07, 6.45) is 0. The molecule has 0 radical (unpaired) electrons. The van der Waals surface area contributed by atoms with Gasteiger partial charge < -0.3 is 20.9 Å². The van der Waals surface area contributed by atoms with Gasteiger partial charge in [0.05, 0.1) is 5.56 Å². The van der Waals surface area contributed by atoms with Crippen LogP contribution in [0.3, 0.4) is 0 Å². The maximum Gasteiger partial charge on any atom is 0.335 e. The van der Waals surface area contributed by atoms with E-state index in [1.807, 2.05) is 0 Å². The first-order valence-electron chi connectivity index (χ1n) is 6.66. The van der Waals surface area contributed by atoms with Crippen LogP contribution in [0.4, 0.5) is 5.69 Å². The zero-order chi connectivity index (χ0) is 16.8. The van der Waals surface area contributed by atoms with Crippen LogP contribution in [-0.2, 0) is 4.79 Å². The molecule has 0 saturated carbocycles. The van der Waals surface area contributed by atoms with Crippen molar-refractivity contribution in [3.63, 3.8) is 0 Å². The molecule has 2 aromatic carbocycles. The summed E-state index contributed by atoms with van der Waals surface area (Å²) in [6.45, 7) is -0.220. The minimum absolute atomic E-state index is 0.0848. The number of carbonyl (C=O) groups excluding carboxylic acids is 1. The predicted octanol–water partition coefficient (Wildman–Crippen LogP) is 1.69. The highest BCUT2D eigenvalue weighted by molar-refractivity contribution is 5.95. The van der Waals surface area contributed by atoms with Crippen LogP contribution in [0.15, 0.2) is 48.5 Å².